The lowest BCUT2D eigenvalue weighted by molar-refractivity contribution is -0.146. The van der Waals surface area contributed by atoms with Crippen molar-refractivity contribution >= 4 is 5.97 Å². The van der Waals surface area contributed by atoms with Gasteiger partial charge in [-0.15, -0.1) is 0 Å². The summed E-state index contributed by atoms with van der Waals surface area (Å²) >= 11 is 0. The van der Waals surface area contributed by atoms with Crippen LogP contribution in [-0.2, 0) is 4.79 Å². The van der Waals surface area contributed by atoms with Crippen LogP contribution in [0.3, 0.4) is 0 Å². The third kappa shape index (κ3) is 2.78. The summed E-state index contributed by atoms with van der Waals surface area (Å²) in [5.41, 5.74) is 6.11. The fourth-order valence-electron chi connectivity index (χ4n) is 1.51. The average Bonchev–Trinajstić information content (AvgIpc) is 2.18. The van der Waals surface area contributed by atoms with Crippen molar-refractivity contribution in [1.29, 1.82) is 0 Å². The molecule has 1 aromatic rings. The van der Waals surface area contributed by atoms with Gasteiger partial charge in [-0.2, -0.15) is 0 Å². The minimum Gasteiger partial charge on any atom is -0.481 e. The number of hydrogen-bond acceptors (Lipinski definition) is 3. The van der Waals surface area contributed by atoms with Crippen LogP contribution in [0.5, 0.6) is 0 Å². The maximum absolute atomic E-state index is 10.9. The van der Waals surface area contributed by atoms with E-state index in [-0.39, 0.29) is 0 Å². The van der Waals surface area contributed by atoms with Crippen LogP contribution in [0.4, 0.5) is 0 Å². The maximum Gasteiger partial charge on any atom is 0.311 e. The Morgan fingerprint density at radius 2 is 1.87 bits per heavy atom. The summed E-state index contributed by atoms with van der Waals surface area (Å²) in [4.78, 5) is 10.9. The van der Waals surface area contributed by atoms with Crippen LogP contribution < -0.4 is 5.73 Å². The third-order valence-electron chi connectivity index (χ3n) is 2.33. The van der Waals surface area contributed by atoms with Gasteiger partial charge in [-0.25, -0.2) is 0 Å². The first-order valence-corrected chi connectivity index (χ1v) is 4.75. The summed E-state index contributed by atoms with van der Waals surface area (Å²) in [5, 5.41) is 18.8. The van der Waals surface area contributed by atoms with Crippen molar-refractivity contribution < 1.29 is 15.0 Å². The number of aliphatic carboxylic acids is 1. The maximum atomic E-state index is 10.9. The van der Waals surface area contributed by atoms with E-state index in [1.165, 1.54) is 0 Å². The molecule has 4 N–H and O–H groups in total. The van der Waals surface area contributed by atoms with E-state index < -0.39 is 24.0 Å². The van der Waals surface area contributed by atoms with E-state index >= 15 is 0 Å². The molecule has 0 spiro atoms. The molecule has 0 amide bonds. The second-order valence-corrected chi connectivity index (χ2v) is 3.58. The van der Waals surface area contributed by atoms with Gasteiger partial charge in [0.25, 0.3) is 0 Å². The number of benzene rings is 1. The number of carboxylic acid groups (broad SMARTS) is 1. The molecular formula is C11H15NO3. The number of aliphatic hydroxyl groups is 1. The van der Waals surface area contributed by atoms with Gasteiger partial charge in [0, 0.05) is 6.04 Å². The number of hydrogen-bond donors (Lipinski definition) is 3. The van der Waals surface area contributed by atoms with Crippen LogP contribution >= 0.6 is 0 Å². The van der Waals surface area contributed by atoms with E-state index in [0.717, 1.165) is 0 Å². The molecule has 0 radical (unpaired) electrons. The number of carbonyl (C=O) groups is 1. The monoisotopic (exact) mass is 209 g/mol. The lowest BCUT2D eigenvalue weighted by atomic mass is 9.90. The molecular weight excluding hydrogens is 194 g/mol. The molecule has 4 nitrogen and oxygen atoms in total. The van der Waals surface area contributed by atoms with Crippen LogP contribution in [0.15, 0.2) is 30.3 Å². The van der Waals surface area contributed by atoms with Crippen molar-refractivity contribution in [2.24, 2.45) is 11.7 Å². The lowest BCUT2D eigenvalue weighted by Gasteiger charge is -2.22. The Hall–Kier alpha value is -1.39. The minimum absolute atomic E-state index is 0.571. The zero-order valence-corrected chi connectivity index (χ0v) is 8.50. The fraction of sp³-hybridized carbons (Fsp3) is 0.364. The Kier molecular flexibility index (Phi) is 3.82. The second-order valence-electron chi connectivity index (χ2n) is 3.58. The molecule has 3 atom stereocenters. The van der Waals surface area contributed by atoms with Crippen molar-refractivity contribution in [3.05, 3.63) is 35.9 Å². The van der Waals surface area contributed by atoms with Crippen LogP contribution in [0.25, 0.3) is 0 Å². The molecule has 0 fully saturated rings. The standard InChI is InChI=1S/C11H15NO3/c1-7(12)9(11(14)15)10(13)8-5-3-2-4-6-8/h2-7,9-10,13H,12H2,1H3,(H,14,15)/t7-,9+,10-/m0/s1. The summed E-state index contributed by atoms with van der Waals surface area (Å²) in [6.45, 7) is 1.57. The largest absolute Gasteiger partial charge is 0.481 e. The van der Waals surface area contributed by atoms with Gasteiger partial charge in [0.05, 0.1) is 6.10 Å². The molecule has 0 bridgehead atoms. The molecule has 0 saturated heterocycles. The van der Waals surface area contributed by atoms with Crippen LogP contribution in [-0.4, -0.2) is 22.2 Å². The minimum atomic E-state index is -1.08. The zero-order chi connectivity index (χ0) is 11.4. The molecule has 0 aliphatic heterocycles. The van der Waals surface area contributed by atoms with Crippen LogP contribution in [0.1, 0.15) is 18.6 Å². The summed E-state index contributed by atoms with van der Waals surface area (Å²) in [6, 6.07) is 8.07. The molecule has 1 rings (SSSR count). The molecule has 82 valence electrons. The molecule has 0 heterocycles. The Morgan fingerprint density at radius 3 is 2.27 bits per heavy atom. The normalized spacial score (nSPS) is 16.7. The molecule has 0 unspecified atom stereocenters. The highest BCUT2D eigenvalue weighted by Crippen LogP contribution is 2.23. The molecule has 0 saturated carbocycles. The predicted octanol–water partition coefficient (Wildman–Crippen LogP) is 0.768. The van der Waals surface area contributed by atoms with Gasteiger partial charge in [0.1, 0.15) is 5.92 Å². The number of rotatable bonds is 4. The molecule has 1 aromatic carbocycles. The molecule has 15 heavy (non-hydrogen) atoms. The molecule has 0 aliphatic carbocycles. The van der Waals surface area contributed by atoms with E-state index in [1.54, 1.807) is 37.3 Å². The topological polar surface area (TPSA) is 83.6 Å². The molecule has 4 heteroatoms. The van der Waals surface area contributed by atoms with Crippen molar-refractivity contribution in [1.82, 2.24) is 0 Å². The second kappa shape index (κ2) is 4.91. The SMILES string of the molecule is C[C@H](N)[C@@H](C(=O)O)[C@@H](O)c1ccccc1. The smallest absolute Gasteiger partial charge is 0.311 e. The van der Waals surface area contributed by atoms with Gasteiger partial charge >= 0.3 is 5.97 Å². The fourth-order valence-corrected chi connectivity index (χ4v) is 1.51. The highest BCUT2D eigenvalue weighted by atomic mass is 16.4. The Labute approximate surface area is 88.3 Å². The van der Waals surface area contributed by atoms with Gasteiger partial charge in [0.15, 0.2) is 0 Å². The van der Waals surface area contributed by atoms with Crippen molar-refractivity contribution in [3.8, 4) is 0 Å². The number of nitrogens with two attached hydrogens (primary N) is 1. The summed E-state index contributed by atoms with van der Waals surface area (Å²) in [6.07, 6.45) is -1.07. The van der Waals surface area contributed by atoms with Gasteiger partial charge < -0.3 is 15.9 Å². The first kappa shape index (κ1) is 11.7. The van der Waals surface area contributed by atoms with Crippen molar-refractivity contribution in [2.45, 2.75) is 19.1 Å². The molecule has 0 aliphatic rings. The van der Waals surface area contributed by atoms with Crippen LogP contribution in [0.2, 0.25) is 0 Å². The van der Waals surface area contributed by atoms with E-state index in [0.29, 0.717) is 5.56 Å². The molecule has 0 aromatic heterocycles. The van der Waals surface area contributed by atoms with Crippen molar-refractivity contribution in [2.75, 3.05) is 0 Å². The average molecular weight is 209 g/mol. The van der Waals surface area contributed by atoms with Crippen molar-refractivity contribution in [3.63, 3.8) is 0 Å². The van der Waals surface area contributed by atoms with E-state index in [2.05, 4.69) is 0 Å². The lowest BCUT2D eigenvalue weighted by Crippen LogP contribution is -2.37. The summed E-state index contributed by atoms with van der Waals surface area (Å²) in [7, 11) is 0. The quantitative estimate of drug-likeness (QED) is 0.683. The summed E-state index contributed by atoms with van der Waals surface area (Å²) < 4.78 is 0. The Balaban J connectivity index is 2.91. The van der Waals surface area contributed by atoms with Gasteiger partial charge in [-0.3, -0.25) is 4.79 Å². The Bertz CT molecular complexity index is 324. The zero-order valence-electron chi connectivity index (χ0n) is 8.50. The number of carboxylic acids is 1. The third-order valence-corrected chi connectivity index (χ3v) is 2.33. The summed E-state index contributed by atoms with van der Waals surface area (Å²) in [5.74, 6) is -2.06. The first-order chi connectivity index (χ1) is 7.04. The highest BCUT2D eigenvalue weighted by Gasteiger charge is 2.30. The van der Waals surface area contributed by atoms with E-state index in [4.69, 9.17) is 10.8 Å². The van der Waals surface area contributed by atoms with Gasteiger partial charge in [-0.05, 0) is 12.5 Å². The number of aliphatic hydroxyl groups excluding tert-OH is 1. The predicted molar refractivity (Wildman–Crippen MR) is 56.2 cm³/mol. The van der Waals surface area contributed by atoms with E-state index in [1.807, 2.05) is 0 Å². The first-order valence-electron chi connectivity index (χ1n) is 4.75. The van der Waals surface area contributed by atoms with Gasteiger partial charge in [-0.1, -0.05) is 30.3 Å². The van der Waals surface area contributed by atoms with Crippen LogP contribution in [0, 0.1) is 5.92 Å². The Morgan fingerprint density at radius 1 is 1.33 bits per heavy atom. The van der Waals surface area contributed by atoms with E-state index in [9.17, 15) is 9.90 Å². The van der Waals surface area contributed by atoms with Gasteiger partial charge in [0.2, 0.25) is 0 Å². The highest BCUT2D eigenvalue weighted by molar-refractivity contribution is 5.71.